The second-order valence-corrected chi connectivity index (χ2v) is 6.14. The van der Waals surface area contributed by atoms with Gasteiger partial charge in [0.1, 0.15) is 0 Å². The van der Waals surface area contributed by atoms with Crippen LogP contribution in [0.2, 0.25) is 0 Å². The van der Waals surface area contributed by atoms with Gasteiger partial charge in [-0.2, -0.15) is 0 Å². The molecule has 1 unspecified atom stereocenters. The van der Waals surface area contributed by atoms with E-state index in [4.69, 9.17) is 0 Å². The van der Waals surface area contributed by atoms with Crippen LogP contribution in [-0.2, 0) is 6.42 Å². The smallest absolute Gasteiger partial charge is 0.0368 e. The van der Waals surface area contributed by atoms with Gasteiger partial charge in [-0.15, -0.1) is 0 Å². The summed E-state index contributed by atoms with van der Waals surface area (Å²) < 4.78 is 0. The second-order valence-electron chi connectivity index (χ2n) is 6.14. The topological polar surface area (TPSA) is 18.5 Å². The van der Waals surface area contributed by atoms with E-state index in [1.807, 2.05) is 0 Å². The molecule has 0 aromatic heterocycles. The maximum absolute atomic E-state index is 3.56. The Bertz CT molecular complexity index is 389. The van der Waals surface area contributed by atoms with Crippen molar-refractivity contribution in [2.45, 2.75) is 24.8 Å². The summed E-state index contributed by atoms with van der Waals surface area (Å²) in [6.45, 7) is 2.25. The van der Waals surface area contributed by atoms with Crippen LogP contribution in [0.5, 0.6) is 0 Å². The van der Waals surface area contributed by atoms with Gasteiger partial charge < -0.3 is 15.1 Å². The van der Waals surface area contributed by atoms with Crippen molar-refractivity contribution in [3.63, 3.8) is 0 Å². The summed E-state index contributed by atoms with van der Waals surface area (Å²) in [6.07, 6.45) is 3.68. The van der Waals surface area contributed by atoms with Crippen molar-refractivity contribution in [2.75, 3.05) is 46.2 Å². The van der Waals surface area contributed by atoms with Gasteiger partial charge in [0, 0.05) is 31.9 Å². The third-order valence-electron chi connectivity index (χ3n) is 4.38. The normalized spacial score (nSPS) is 23.6. The van der Waals surface area contributed by atoms with Crippen molar-refractivity contribution in [1.82, 2.24) is 10.2 Å². The fraction of sp³-hybridized carbons (Fsp3) is 0.625. The molecule has 2 rings (SSSR count). The first-order chi connectivity index (χ1) is 9.03. The lowest BCUT2D eigenvalue weighted by Gasteiger charge is -2.43. The Kier molecular flexibility index (Phi) is 4.48. The molecule has 1 atom stereocenters. The molecule has 1 fully saturated rings. The summed E-state index contributed by atoms with van der Waals surface area (Å²) in [5.41, 5.74) is 2.98. The zero-order valence-corrected chi connectivity index (χ0v) is 12.7. The molecule has 0 amide bonds. The van der Waals surface area contributed by atoms with Gasteiger partial charge in [-0.1, -0.05) is 12.1 Å². The molecule has 3 heteroatoms. The summed E-state index contributed by atoms with van der Waals surface area (Å²) in [5.74, 6) is 0. The Labute approximate surface area is 117 Å². The highest BCUT2D eigenvalue weighted by atomic mass is 15.2. The third-order valence-corrected chi connectivity index (χ3v) is 4.38. The first-order valence-electron chi connectivity index (χ1n) is 7.18. The number of benzene rings is 1. The first kappa shape index (κ1) is 14.4. The van der Waals surface area contributed by atoms with E-state index in [0.717, 1.165) is 19.5 Å². The maximum Gasteiger partial charge on any atom is 0.0368 e. The molecule has 1 heterocycles. The van der Waals surface area contributed by atoms with Gasteiger partial charge in [-0.3, -0.25) is 0 Å². The van der Waals surface area contributed by atoms with Gasteiger partial charge >= 0.3 is 0 Å². The number of nitrogens with zero attached hydrogens (tertiary/aromatic N) is 2. The van der Waals surface area contributed by atoms with E-state index < -0.39 is 0 Å². The molecule has 1 saturated heterocycles. The maximum atomic E-state index is 3.56. The van der Waals surface area contributed by atoms with Gasteiger partial charge in [0.15, 0.2) is 0 Å². The number of anilines is 1. The summed E-state index contributed by atoms with van der Waals surface area (Å²) in [7, 11) is 8.59. The molecule has 1 aromatic rings. The monoisotopic (exact) mass is 261 g/mol. The lowest BCUT2D eigenvalue weighted by molar-refractivity contribution is 0.114. The van der Waals surface area contributed by atoms with Crippen molar-refractivity contribution < 1.29 is 0 Å². The third kappa shape index (κ3) is 3.28. The van der Waals surface area contributed by atoms with E-state index in [1.165, 1.54) is 24.1 Å². The molecule has 1 aliphatic heterocycles. The van der Waals surface area contributed by atoms with Crippen LogP contribution in [-0.4, -0.2) is 51.7 Å². The van der Waals surface area contributed by atoms with E-state index in [1.54, 1.807) is 0 Å². The summed E-state index contributed by atoms with van der Waals surface area (Å²) in [6, 6.07) is 8.98. The molecular weight excluding hydrogens is 234 g/mol. The van der Waals surface area contributed by atoms with Gasteiger partial charge in [-0.05, 0) is 57.6 Å². The van der Waals surface area contributed by atoms with Crippen molar-refractivity contribution in [1.29, 1.82) is 0 Å². The van der Waals surface area contributed by atoms with Crippen molar-refractivity contribution in [3.05, 3.63) is 29.8 Å². The fourth-order valence-electron chi connectivity index (χ4n) is 2.93. The van der Waals surface area contributed by atoms with Crippen molar-refractivity contribution in [2.24, 2.45) is 0 Å². The Morgan fingerprint density at radius 2 is 1.79 bits per heavy atom. The predicted octanol–water partition coefficient (Wildman–Crippen LogP) is 1.98. The van der Waals surface area contributed by atoms with E-state index >= 15 is 0 Å². The Morgan fingerprint density at radius 3 is 2.26 bits per heavy atom. The molecule has 1 N–H and O–H groups in total. The van der Waals surface area contributed by atoms with Gasteiger partial charge in [-0.25, -0.2) is 0 Å². The zero-order chi connectivity index (χ0) is 13.9. The van der Waals surface area contributed by atoms with Crippen LogP contribution in [0.25, 0.3) is 0 Å². The Balaban J connectivity index is 2.13. The number of hydrogen-bond donors (Lipinski definition) is 1. The van der Waals surface area contributed by atoms with Crippen molar-refractivity contribution >= 4 is 5.69 Å². The summed E-state index contributed by atoms with van der Waals surface area (Å²) >= 11 is 0. The molecule has 0 spiro atoms. The van der Waals surface area contributed by atoms with E-state index in [2.05, 4.69) is 67.6 Å². The largest absolute Gasteiger partial charge is 0.378 e. The number of hydrogen-bond acceptors (Lipinski definition) is 3. The quantitative estimate of drug-likeness (QED) is 0.894. The van der Waals surface area contributed by atoms with E-state index in [9.17, 15) is 0 Å². The molecule has 1 aromatic carbocycles. The molecule has 0 bridgehead atoms. The minimum Gasteiger partial charge on any atom is -0.378 e. The summed E-state index contributed by atoms with van der Waals surface area (Å²) in [5, 5.41) is 3.56. The average molecular weight is 261 g/mol. The minimum atomic E-state index is 0.276. The lowest BCUT2D eigenvalue weighted by atomic mass is 9.83. The van der Waals surface area contributed by atoms with Gasteiger partial charge in [0.25, 0.3) is 0 Å². The van der Waals surface area contributed by atoms with Crippen LogP contribution in [0.1, 0.15) is 18.4 Å². The first-order valence-corrected chi connectivity index (χ1v) is 7.18. The number of likely N-dealkylation sites (N-methyl/N-ethyl adjacent to an activating group) is 1. The van der Waals surface area contributed by atoms with Crippen LogP contribution in [0.15, 0.2) is 24.3 Å². The van der Waals surface area contributed by atoms with Crippen LogP contribution in [0.3, 0.4) is 0 Å². The zero-order valence-electron chi connectivity index (χ0n) is 12.7. The molecule has 1 aliphatic rings. The predicted molar refractivity (Wildman–Crippen MR) is 83.0 cm³/mol. The highest BCUT2D eigenvalue weighted by Crippen LogP contribution is 2.27. The Morgan fingerprint density at radius 1 is 1.11 bits per heavy atom. The van der Waals surface area contributed by atoms with Crippen LogP contribution >= 0.6 is 0 Å². The van der Waals surface area contributed by atoms with Gasteiger partial charge in [0.2, 0.25) is 0 Å². The lowest BCUT2D eigenvalue weighted by Crippen LogP contribution is -2.56. The SMILES string of the molecule is CN(C)c1ccc(CC2(N(C)C)CCCNC2)cc1. The fourth-order valence-corrected chi connectivity index (χ4v) is 2.93. The Hall–Kier alpha value is -1.06. The van der Waals surface area contributed by atoms with Crippen LogP contribution in [0.4, 0.5) is 5.69 Å². The highest BCUT2D eigenvalue weighted by molar-refractivity contribution is 5.46. The average Bonchev–Trinajstić information content (AvgIpc) is 2.40. The standard InChI is InChI=1S/C16H27N3/c1-18(2)15-8-6-14(7-9-15)12-16(19(3)4)10-5-11-17-13-16/h6-9,17H,5,10-13H2,1-4H3. The molecule has 0 radical (unpaired) electrons. The highest BCUT2D eigenvalue weighted by Gasteiger charge is 2.34. The van der Waals surface area contributed by atoms with Crippen LogP contribution in [0, 0.1) is 0 Å². The van der Waals surface area contributed by atoms with Crippen molar-refractivity contribution in [3.8, 4) is 0 Å². The van der Waals surface area contributed by atoms with E-state index in [-0.39, 0.29) is 5.54 Å². The molecular formula is C16H27N3. The molecule has 0 aliphatic carbocycles. The second kappa shape index (κ2) is 5.93. The molecule has 106 valence electrons. The number of rotatable bonds is 4. The number of nitrogens with one attached hydrogen (secondary N) is 1. The minimum absolute atomic E-state index is 0.276. The molecule has 19 heavy (non-hydrogen) atoms. The summed E-state index contributed by atoms with van der Waals surface area (Å²) in [4.78, 5) is 4.55. The van der Waals surface area contributed by atoms with Crippen LogP contribution < -0.4 is 10.2 Å². The number of piperidine rings is 1. The molecule has 3 nitrogen and oxygen atoms in total. The van der Waals surface area contributed by atoms with E-state index in [0.29, 0.717) is 0 Å². The van der Waals surface area contributed by atoms with Gasteiger partial charge in [0.05, 0.1) is 0 Å². The molecule has 0 saturated carbocycles.